The quantitative estimate of drug-likeness (QED) is 0.308. The third-order valence-corrected chi connectivity index (χ3v) is 13.2. The van der Waals surface area contributed by atoms with E-state index >= 15 is 0 Å². The van der Waals surface area contributed by atoms with Crippen molar-refractivity contribution in [2.75, 3.05) is 37.5 Å². The number of methoxy groups -OCH3 is 1. The SMILES string of the molecule is COc1nn(C)cc1C(=O)N[S@@]1(=O)=NC(O)c2ccc3c(c2)N(C[C@@H]2CC[C@H]2[C@@H](O)/C=C/C[C@H](C)C1)C[C@@]1(CCCc2cc(Cl)ccc21)CO3. The highest BCUT2D eigenvalue weighted by Crippen LogP contribution is 2.47. The summed E-state index contributed by atoms with van der Waals surface area (Å²) in [6.45, 7) is 3.81. The first-order valence-corrected chi connectivity index (χ1v) is 19.5. The first kappa shape index (κ1) is 34.9. The van der Waals surface area contributed by atoms with Crippen LogP contribution < -0.4 is 19.1 Å². The number of hydrogen-bond donors (Lipinski definition) is 3. The van der Waals surface area contributed by atoms with E-state index in [-0.39, 0.29) is 40.4 Å². The van der Waals surface area contributed by atoms with E-state index in [2.05, 4.69) is 31.2 Å². The van der Waals surface area contributed by atoms with E-state index in [4.69, 9.17) is 21.1 Å². The van der Waals surface area contributed by atoms with Crippen LogP contribution in [0.4, 0.5) is 5.69 Å². The Kier molecular flexibility index (Phi) is 9.66. The molecule has 3 N–H and O–H groups in total. The number of ether oxygens (including phenoxy) is 2. The number of aliphatic hydroxyl groups is 2. The van der Waals surface area contributed by atoms with Gasteiger partial charge in [0.05, 0.1) is 31.3 Å². The lowest BCUT2D eigenvalue weighted by Crippen LogP contribution is -2.49. The van der Waals surface area contributed by atoms with Gasteiger partial charge in [0, 0.05) is 42.3 Å². The molecule has 1 aromatic heterocycles. The Labute approximate surface area is 298 Å². The fraction of sp³-hybridized carbons (Fsp3) is 0.514. The van der Waals surface area contributed by atoms with Gasteiger partial charge in [0.25, 0.3) is 5.91 Å². The third kappa shape index (κ3) is 6.87. The second kappa shape index (κ2) is 13.9. The van der Waals surface area contributed by atoms with Crippen molar-refractivity contribution in [3.8, 4) is 11.6 Å². The molecule has 2 aliphatic carbocycles. The van der Waals surface area contributed by atoms with Gasteiger partial charge in [-0.3, -0.25) is 14.2 Å². The smallest absolute Gasteiger partial charge is 0.270 e. The third-order valence-electron chi connectivity index (χ3n) is 10.9. The Morgan fingerprint density at radius 3 is 2.82 bits per heavy atom. The van der Waals surface area contributed by atoms with Crippen molar-refractivity contribution in [1.29, 1.82) is 0 Å². The number of aryl methyl sites for hydroxylation is 2. The number of fused-ring (bicyclic) bond motifs is 4. The van der Waals surface area contributed by atoms with Gasteiger partial charge in [0.1, 0.15) is 21.2 Å². The van der Waals surface area contributed by atoms with Crippen LogP contribution in [0, 0.1) is 17.8 Å². The average Bonchev–Trinajstić information content (AvgIpc) is 3.37. The number of anilines is 1. The van der Waals surface area contributed by atoms with E-state index in [1.807, 2.05) is 37.3 Å². The molecule has 2 aliphatic heterocycles. The van der Waals surface area contributed by atoms with Crippen LogP contribution in [0.1, 0.15) is 72.3 Å². The van der Waals surface area contributed by atoms with Crippen molar-refractivity contribution >= 4 is 33.1 Å². The number of rotatable bonds is 3. The summed E-state index contributed by atoms with van der Waals surface area (Å²) in [5.74, 6) is 0.293. The molecule has 0 saturated heterocycles. The van der Waals surface area contributed by atoms with Gasteiger partial charge >= 0.3 is 0 Å². The number of hydrogen-bond acceptors (Lipinski definition) is 9. The number of carbonyl (C=O) groups excluding carboxylic acids is 1. The Morgan fingerprint density at radius 1 is 1.20 bits per heavy atom. The van der Waals surface area contributed by atoms with Crippen molar-refractivity contribution in [3.63, 3.8) is 0 Å². The zero-order valence-corrected chi connectivity index (χ0v) is 30.3. The fourth-order valence-electron chi connectivity index (χ4n) is 8.20. The fourth-order valence-corrected chi connectivity index (χ4v) is 10.4. The van der Waals surface area contributed by atoms with Crippen molar-refractivity contribution < 1.29 is 28.7 Å². The standard InChI is InChI=1S/C37H46ClN5O6S/c1-23-6-4-8-32(44)28-12-9-26(28)18-43-21-37(15-5-7-24-16-27(38)11-13-30(24)37)22-49-33-14-10-25(17-31(33)43)34(45)40-50(47,20-23)41-35(46)29-19-42(2)39-36(29)48-3/h4,8,10-11,13-14,16-17,19,23,26,28,32,34,44-45H,5-7,9,12,15,18,20-22H2,1-3H3,(H,40,41,46,47)/b8-4+/t23-,26-,28+,32-,34?,37-,50-/m0/s1. The number of nitrogens with zero attached hydrogens (tertiary/aromatic N) is 4. The minimum Gasteiger partial charge on any atom is -0.490 e. The van der Waals surface area contributed by atoms with Crippen LogP contribution in [0.3, 0.4) is 0 Å². The summed E-state index contributed by atoms with van der Waals surface area (Å²) in [5, 5.41) is 27.8. The molecule has 11 nitrogen and oxygen atoms in total. The highest BCUT2D eigenvalue weighted by Gasteiger charge is 2.44. The van der Waals surface area contributed by atoms with Crippen LogP contribution in [0.2, 0.25) is 5.02 Å². The van der Waals surface area contributed by atoms with E-state index in [1.54, 1.807) is 13.1 Å². The number of halogens is 1. The minimum atomic E-state index is -3.52. The second-order valence-electron chi connectivity index (χ2n) is 14.5. The molecular formula is C37H46ClN5O6S. The second-order valence-corrected chi connectivity index (χ2v) is 17.0. The molecule has 50 heavy (non-hydrogen) atoms. The Balaban J connectivity index is 1.29. The van der Waals surface area contributed by atoms with Gasteiger partial charge in [-0.05, 0) is 91.7 Å². The number of carbonyl (C=O) groups is 1. The predicted octanol–water partition coefficient (Wildman–Crippen LogP) is 5.34. The van der Waals surface area contributed by atoms with Gasteiger partial charge in [-0.1, -0.05) is 42.8 Å². The van der Waals surface area contributed by atoms with E-state index < -0.39 is 28.2 Å². The van der Waals surface area contributed by atoms with Crippen LogP contribution in [0.5, 0.6) is 11.6 Å². The molecular weight excluding hydrogens is 678 g/mol. The highest BCUT2D eigenvalue weighted by molar-refractivity contribution is 7.92. The molecule has 1 spiro atoms. The van der Waals surface area contributed by atoms with Gasteiger partial charge in [-0.15, -0.1) is 5.10 Å². The lowest BCUT2D eigenvalue weighted by atomic mass is 9.68. The highest BCUT2D eigenvalue weighted by atomic mass is 35.5. The van der Waals surface area contributed by atoms with Crippen molar-refractivity contribution in [2.45, 2.75) is 63.2 Å². The molecule has 268 valence electrons. The first-order chi connectivity index (χ1) is 24.0. The number of aliphatic hydroxyl groups excluding tert-OH is 2. The molecule has 3 aromatic rings. The van der Waals surface area contributed by atoms with Crippen LogP contribution >= 0.6 is 11.6 Å². The maximum atomic E-state index is 14.5. The summed E-state index contributed by atoms with van der Waals surface area (Å²) in [7, 11) is -0.456. The number of allylic oxidation sites excluding steroid dienone is 1. The van der Waals surface area contributed by atoms with Gasteiger partial charge in [-0.2, -0.15) is 4.36 Å². The van der Waals surface area contributed by atoms with Crippen molar-refractivity contribution in [2.24, 2.45) is 29.2 Å². The van der Waals surface area contributed by atoms with Gasteiger partial charge in [0.15, 0.2) is 6.23 Å². The number of benzene rings is 2. The topological polar surface area (TPSA) is 139 Å². The molecule has 4 aliphatic rings. The number of aromatic nitrogens is 2. The van der Waals surface area contributed by atoms with Gasteiger partial charge < -0.3 is 24.6 Å². The molecule has 1 fully saturated rings. The molecule has 1 unspecified atom stereocenters. The number of nitrogens with one attached hydrogen (secondary N) is 1. The van der Waals surface area contributed by atoms with Crippen LogP contribution in [0.25, 0.3) is 0 Å². The number of amides is 1. The van der Waals surface area contributed by atoms with E-state index in [9.17, 15) is 19.2 Å². The Hall–Kier alpha value is -3.58. The maximum absolute atomic E-state index is 14.5. The zero-order chi connectivity index (χ0) is 35.2. The summed E-state index contributed by atoms with van der Waals surface area (Å²) in [4.78, 5) is 15.8. The van der Waals surface area contributed by atoms with Crippen LogP contribution in [-0.4, -0.2) is 68.8 Å². The summed E-state index contributed by atoms with van der Waals surface area (Å²) in [6.07, 6.45) is 8.56. The van der Waals surface area contributed by atoms with Crippen molar-refractivity contribution in [1.82, 2.24) is 14.5 Å². The minimum absolute atomic E-state index is 0.0169. The molecule has 7 atom stereocenters. The van der Waals surface area contributed by atoms with Gasteiger partial charge in [-0.25, -0.2) is 4.21 Å². The molecule has 13 heteroatoms. The van der Waals surface area contributed by atoms with Crippen LogP contribution in [0.15, 0.2) is 59.1 Å². The summed E-state index contributed by atoms with van der Waals surface area (Å²) in [6, 6.07) is 11.7. The van der Waals surface area contributed by atoms with E-state index in [1.165, 1.54) is 29.1 Å². The molecule has 7 rings (SSSR count). The lowest BCUT2D eigenvalue weighted by Gasteiger charge is -2.45. The molecule has 1 amide bonds. The lowest BCUT2D eigenvalue weighted by molar-refractivity contribution is 0.0456. The zero-order valence-electron chi connectivity index (χ0n) is 28.8. The maximum Gasteiger partial charge on any atom is 0.270 e. The summed E-state index contributed by atoms with van der Waals surface area (Å²) < 4.78 is 34.9. The average molecular weight is 724 g/mol. The molecule has 0 radical (unpaired) electrons. The van der Waals surface area contributed by atoms with Crippen molar-refractivity contribution in [3.05, 3.63) is 82.0 Å². The summed E-state index contributed by atoms with van der Waals surface area (Å²) >= 11 is 6.44. The molecule has 1 saturated carbocycles. The van der Waals surface area contributed by atoms with Crippen LogP contribution in [-0.2, 0) is 28.8 Å². The monoisotopic (exact) mass is 723 g/mol. The van der Waals surface area contributed by atoms with E-state index in [0.29, 0.717) is 37.4 Å². The first-order valence-electron chi connectivity index (χ1n) is 17.4. The Morgan fingerprint density at radius 2 is 2.04 bits per heavy atom. The van der Waals surface area contributed by atoms with Gasteiger partial charge in [0.2, 0.25) is 5.88 Å². The predicted molar refractivity (Wildman–Crippen MR) is 193 cm³/mol. The largest absolute Gasteiger partial charge is 0.490 e. The van der Waals surface area contributed by atoms with E-state index in [0.717, 1.165) is 42.8 Å². The normalized spacial score (nSPS) is 31.6. The molecule has 2 bridgehead atoms. The Bertz CT molecular complexity index is 1920. The molecule has 3 heterocycles. The summed E-state index contributed by atoms with van der Waals surface area (Å²) in [5.41, 5.74) is 3.60. The molecule has 2 aromatic carbocycles.